The van der Waals surface area contributed by atoms with Crippen molar-refractivity contribution >= 4 is 12.2 Å². The number of rotatable bonds is 9. The molecule has 4 unspecified atom stereocenters. The van der Waals surface area contributed by atoms with E-state index in [4.69, 9.17) is 18.9 Å². The van der Waals surface area contributed by atoms with Crippen LogP contribution >= 0.6 is 0 Å². The summed E-state index contributed by atoms with van der Waals surface area (Å²) in [7, 11) is 0. The molecule has 0 radical (unpaired) electrons. The third kappa shape index (κ3) is 7.95. The van der Waals surface area contributed by atoms with Crippen molar-refractivity contribution in [3.05, 3.63) is 71.8 Å². The fourth-order valence-corrected chi connectivity index (χ4v) is 4.32. The highest BCUT2D eigenvalue weighted by Crippen LogP contribution is 2.36. The predicted molar refractivity (Wildman–Crippen MR) is 143 cm³/mol. The molecule has 2 fully saturated rings. The van der Waals surface area contributed by atoms with Gasteiger partial charge in [0, 0.05) is 13.1 Å². The van der Waals surface area contributed by atoms with Gasteiger partial charge in [0.25, 0.3) is 0 Å². The molecule has 0 N–H and O–H groups in total. The zero-order valence-corrected chi connectivity index (χ0v) is 23.3. The highest BCUT2D eigenvalue weighted by atomic mass is 16.6. The van der Waals surface area contributed by atoms with Crippen molar-refractivity contribution in [1.82, 2.24) is 9.80 Å². The number of ether oxygens (including phenoxy) is 4. The molecule has 0 aliphatic carbocycles. The lowest BCUT2D eigenvalue weighted by Crippen LogP contribution is -2.44. The van der Waals surface area contributed by atoms with E-state index in [0.29, 0.717) is 26.3 Å². The number of carbonyl (C=O) groups excluding carboxylic acids is 2. The van der Waals surface area contributed by atoms with E-state index in [1.165, 1.54) is 0 Å². The topological polar surface area (TPSA) is 77.1 Å². The summed E-state index contributed by atoms with van der Waals surface area (Å²) in [4.78, 5) is 29.0. The molecule has 2 amide bonds. The molecule has 2 aliphatic heterocycles. The second kappa shape index (κ2) is 11.3. The molecule has 0 saturated carbocycles. The maximum Gasteiger partial charge on any atom is 0.410 e. The number of amides is 2. The van der Waals surface area contributed by atoms with Crippen LogP contribution in [0.2, 0.25) is 0 Å². The molecule has 4 rings (SSSR count). The fraction of sp³-hybridized carbons (Fsp3) is 0.533. The standard InChI is InChI=1S/C30H40N2O6/c1-29(2,3)37-27(33)31-17-23(31)25(35-19-21-13-9-7-10-14-21)26(36-20-22-15-11-8-12-16-22)24-18-32(24)28(34)38-30(4,5)6/h7-16,23-26H,17-20H2,1-6H3. The van der Waals surface area contributed by atoms with E-state index in [-0.39, 0.29) is 24.3 Å². The molecule has 2 heterocycles. The van der Waals surface area contributed by atoms with Crippen LogP contribution in [0.1, 0.15) is 52.7 Å². The Morgan fingerprint density at radius 3 is 1.34 bits per heavy atom. The van der Waals surface area contributed by atoms with Crippen LogP contribution in [-0.4, -0.2) is 70.6 Å². The van der Waals surface area contributed by atoms with E-state index in [1.54, 1.807) is 9.80 Å². The molecule has 4 atom stereocenters. The number of hydrogen-bond acceptors (Lipinski definition) is 6. The van der Waals surface area contributed by atoms with Crippen molar-refractivity contribution in [1.29, 1.82) is 0 Å². The van der Waals surface area contributed by atoms with Gasteiger partial charge in [-0.1, -0.05) is 60.7 Å². The van der Waals surface area contributed by atoms with Gasteiger partial charge in [-0.25, -0.2) is 9.59 Å². The molecule has 8 heteroatoms. The molecule has 0 aromatic heterocycles. The molecule has 206 valence electrons. The van der Waals surface area contributed by atoms with Crippen molar-refractivity contribution in [2.75, 3.05) is 13.1 Å². The molecule has 2 aromatic carbocycles. The zero-order chi connectivity index (χ0) is 27.5. The SMILES string of the molecule is CC(C)(C)OC(=O)N1CC1C(OCc1ccccc1)C(OCc1ccccc1)C1CN1C(=O)OC(C)(C)C. The number of nitrogens with zero attached hydrogens (tertiary/aromatic N) is 2. The molecule has 0 bridgehead atoms. The van der Waals surface area contributed by atoms with E-state index in [9.17, 15) is 9.59 Å². The molecule has 0 spiro atoms. The summed E-state index contributed by atoms with van der Waals surface area (Å²) in [5.41, 5.74) is 0.836. The lowest BCUT2D eigenvalue weighted by atomic mass is 10.1. The van der Waals surface area contributed by atoms with Gasteiger partial charge in [-0.3, -0.25) is 9.80 Å². The number of hydrogen-bond donors (Lipinski definition) is 0. The van der Waals surface area contributed by atoms with Crippen LogP contribution in [0.5, 0.6) is 0 Å². The van der Waals surface area contributed by atoms with Crippen LogP contribution in [-0.2, 0) is 32.2 Å². The van der Waals surface area contributed by atoms with Gasteiger partial charge in [-0.05, 0) is 52.7 Å². The normalized spacial score (nSPS) is 20.5. The third-order valence-corrected chi connectivity index (χ3v) is 6.21. The minimum atomic E-state index is -0.599. The third-order valence-electron chi connectivity index (χ3n) is 6.21. The van der Waals surface area contributed by atoms with Crippen LogP contribution in [0.4, 0.5) is 9.59 Å². The van der Waals surface area contributed by atoms with E-state index < -0.39 is 23.4 Å². The summed E-state index contributed by atoms with van der Waals surface area (Å²) in [6.45, 7) is 12.8. The smallest absolute Gasteiger partial charge is 0.410 e. The van der Waals surface area contributed by atoms with Crippen molar-refractivity contribution in [2.45, 2.75) is 90.2 Å². The van der Waals surface area contributed by atoms with E-state index >= 15 is 0 Å². The van der Waals surface area contributed by atoms with Gasteiger partial charge in [-0.15, -0.1) is 0 Å². The Kier molecular flexibility index (Phi) is 8.33. The van der Waals surface area contributed by atoms with Crippen LogP contribution in [0, 0.1) is 0 Å². The van der Waals surface area contributed by atoms with Crippen LogP contribution in [0.25, 0.3) is 0 Å². The average Bonchev–Trinajstić information content (AvgIpc) is 3.75. The largest absolute Gasteiger partial charge is 0.444 e. The lowest BCUT2D eigenvalue weighted by molar-refractivity contribution is -0.0941. The van der Waals surface area contributed by atoms with E-state index in [0.717, 1.165) is 11.1 Å². The van der Waals surface area contributed by atoms with E-state index in [2.05, 4.69) is 0 Å². The zero-order valence-electron chi connectivity index (χ0n) is 23.3. The first-order chi connectivity index (χ1) is 17.9. The Balaban J connectivity index is 1.55. The summed E-state index contributed by atoms with van der Waals surface area (Å²) in [5, 5.41) is 0. The van der Waals surface area contributed by atoms with Gasteiger partial charge in [0.05, 0.1) is 25.3 Å². The Hall–Kier alpha value is -3.10. The van der Waals surface area contributed by atoms with Gasteiger partial charge in [0.1, 0.15) is 23.4 Å². The monoisotopic (exact) mass is 524 g/mol. The van der Waals surface area contributed by atoms with Crippen LogP contribution in [0.15, 0.2) is 60.7 Å². The molecule has 8 nitrogen and oxygen atoms in total. The summed E-state index contributed by atoms with van der Waals surface area (Å²) in [6, 6.07) is 19.3. The lowest BCUT2D eigenvalue weighted by Gasteiger charge is -2.29. The first kappa shape index (κ1) is 27.9. The Morgan fingerprint density at radius 1 is 0.684 bits per heavy atom. The molecule has 2 aromatic rings. The van der Waals surface area contributed by atoms with Gasteiger partial charge in [-0.2, -0.15) is 0 Å². The fourth-order valence-electron chi connectivity index (χ4n) is 4.32. The van der Waals surface area contributed by atoms with Crippen molar-refractivity contribution in [2.24, 2.45) is 0 Å². The minimum absolute atomic E-state index is 0.226. The van der Waals surface area contributed by atoms with Crippen molar-refractivity contribution in [3.8, 4) is 0 Å². The Labute approximate surface area is 225 Å². The predicted octanol–water partition coefficient (Wildman–Crippen LogP) is 5.40. The summed E-state index contributed by atoms with van der Waals surface area (Å²) in [5.74, 6) is 0. The number of carbonyl (C=O) groups is 2. The summed E-state index contributed by atoms with van der Waals surface area (Å²) in [6.07, 6.45) is -1.69. The summed E-state index contributed by atoms with van der Waals surface area (Å²) < 4.78 is 24.2. The highest BCUT2D eigenvalue weighted by molar-refractivity contribution is 5.72. The number of benzene rings is 2. The van der Waals surface area contributed by atoms with Gasteiger partial charge in [0.2, 0.25) is 0 Å². The second-order valence-electron chi connectivity index (χ2n) is 11.9. The van der Waals surface area contributed by atoms with Gasteiger partial charge < -0.3 is 18.9 Å². The van der Waals surface area contributed by atoms with Crippen LogP contribution in [0.3, 0.4) is 0 Å². The maximum atomic E-state index is 12.8. The molecule has 2 aliphatic rings. The second-order valence-corrected chi connectivity index (χ2v) is 11.9. The quantitative estimate of drug-likeness (QED) is 0.409. The van der Waals surface area contributed by atoms with Crippen molar-refractivity contribution < 1.29 is 28.5 Å². The highest BCUT2D eigenvalue weighted by Gasteiger charge is 2.56. The van der Waals surface area contributed by atoms with Crippen molar-refractivity contribution in [3.63, 3.8) is 0 Å². The van der Waals surface area contributed by atoms with Gasteiger partial charge >= 0.3 is 12.2 Å². The summed E-state index contributed by atoms with van der Waals surface area (Å²) >= 11 is 0. The van der Waals surface area contributed by atoms with E-state index in [1.807, 2.05) is 102 Å². The molecular weight excluding hydrogens is 484 g/mol. The Morgan fingerprint density at radius 2 is 1.03 bits per heavy atom. The average molecular weight is 525 g/mol. The maximum absolute atomic E-state index is 12.8. The first-order valence-corrected chi connectivity index (χ1v) is 13.2. The Bertz CT molecular complexity index is 992. The van der Waals surface area contributed by atoms with Gasteiger partial charge in [0.15, 0.2) is 0 Å². The van der Waals surface area contributed by atoms with Crippen LogP contribution < -0.4 is 0 Å². The molecular formula is C30H40N2O6. The molecule has 2 saturated heterocycles. The minimum Gasteiger partial charge on any atom is -0.444 e. The first-order valence-electron chi connectivity index (χ1n) is 13.2. The molecule has 38 heavy (non-hydrogen) atoms.